The van der Waals surface area contributed by atoms with Gasteiger partial charge in [0.25, 0.3) is 0 Å². The molecule has 0 saturated carbocycles. The fourth-order valence-electron chi connectivity index (χ4n) is 2.57. The van der Waals surface area contributed by atoms with E-state index in [2.05, 4.69) is 24.3 Å². The van der Waals surface area contributed by atoms with Gasteiger partial charge in [-0.3, -0.25) is 0 Å². The molecule has 0 bridgehead atoms. The van der Waals surface area contributed by atoms with E-state index in [4.69, 9.17) is 11.6 Å². The SMILES string of the molecule is O=C(NCc1ccc(Cl)cc1)NC1CCN(c2cnsn2)CC1. The minimum atomic E-state index is -0.131. The Bertz CT molecular complexity index is 626. The minimum Gasteiger partial charge on any atom is -0.354 e. The van der Waals surface area contributed by atoms with Crippen LogP contribution in [-0.2, 0) is 6.54 Å². The molecule has 0 unspecified atom stereocenters. The summed E-state index contributed by atoms with van der Waals surface area (Å²) in [5, 5.41) is 6.60. The van der Waals surface area contributed by atoms with Crippen LogP contribution in [0, 0.1) is 0 Å². The van der Waals surface area contributed by atoms with Gasteiger partial charge in [0.1, 0.15) is 0 Å². The predicted molar refractivity (Wildman–Crippen MR) is 92.0 cm³/mol. The fourth-order valence-corrected chi connectivity index (χ4v) is 3.13. The standard InChI is InChI=1S/C15H18ClN5OS/c16-12-3-1-11(2-4-12)9-17-15(22)19-13-5-7-21(8-6-13)14-10-18-23-20-14/h1-4,10,13H,5-9H2,(H2,17,19,22). The first-order valence-corrected chi connectivity index (χ1v) is 8.63. The van der Waals surface area contributed by atoms with Crippen molar-refractivity contribution in [2.24, 2.45) is 0 Å². The lowest BCUT2D eigenvalue weighted by Crippen LogP contribution is -2.47. The zero-order valence-electron chi connectivity index (χ0n) is 12.5. The number of amides is 2. The van der Waals surface area contributed by atoms with E-state index in [-0.39, 0.29) is 12.1 Å². The van der Waals surface area contributed by atoms with Crippen molar-refractivity contribution in [1.29, 1.82) is 0 Å². The molecule has 6 nitrogen and oxygen atoms in total. The van der Waals surface area contributed by atoms with E-state index >= 15 is 0 Å². The van der Waals surface area contributed by atoms with E-state index in [9.17, 15) is 4.79 Å². The van der Waals surface area contributed by atoms with Crippen LogP contribution in [0.1, 0.15) is 18.4 Å². The second-order valence-corrected chi connectivity index (χ2v) is 6.47. The maximum Gasteiger partial charge on any atom is 0.315 e. The first kappa shape index (κ1) is 16.0. The number of carbonyl (C=O) groups is 1. The van der Waals surface area contributed by atoms with Gasteiger partial charge in [0, 0.05) is 30.7 Å². The molecule has 1 fully saturated rings. The number of nitrogens with zero attached hydrogens (tertiary/aromatic N) is 3. The molecule has 1 aliphatic rings. The van der Waals surface area contributed by atoms with E-state index in [0.29, 0.717) is 11.6 Å². The summed E-state index contributed by atoms with van der Waals surface area (Å²) >= 11 is 7.06. The zero-order chi connectivity index (χ0) is 16.1. The Balaban J connectivity index is 1.40. The summed E-state index contributed by atoms with van der Waals surface area (Å²) in [4.78, 5) is 14.2. The predicted octanol–water partition coefficient (Wildman–Crippen LogP) is 2.66. The highest BCUT2D eigenvalue weighted by atomic mass is 35.5. The number of urea groups is 1. The Morgan fingerprint density at radius 3 is 2.70 bits per heavy atom. The largest absolute Gasteiger partial charge is 0.354 e. The molecule has 1 aromatic carbocycles. The van der Waals surface area contributed by atoms with Gasteiger partial charge in [-0.2, -0.15) is 8.75 Å². The van der Waals surface area contributed by atoms with Gasteiger partial charge in [-0.1, -0.05) is 23.7 Å². The number of anilines is 1. The fraction of sp³-hybridized carbons (Fsp3) is 0.400. The third-order valence-electron chi connectivity index (χ3n) is 3.87. The van der Waals surface area contributed by atoms with Crippen LogP contribution < -0.4 is 15.5 Å². The molecule has 1 aliphatic heterocycles. The van der Waals surface area contributed by atoms with Crippen molar-refractivity contribution in [3.05, 3.63) is 41.0 Å². The highest BCUT2D eigenvalue weighted by Crippen LogP contribution is 2.17. The minimum absolute atomic E-state index is 0.131. The number of nitrogens with one attached hydrogen (secondary N) is 2. The average molecular weight is 352 g/mol. The van der Waals surface area contributed by atoms with Gasteiger partial charge in [0.15, 0.2) is 5.82 Å². The maximum absolute atomic E-state index is 12.0. The molecule has 0 atom stereocenters. The quantitative estimate of drug-likeness (QED) is 0.888. The van der Waals surface area contributed by atoms with Crippen molar-refractivity contribution in [3.8, 4) is 0 Å². The average Bonchev–Trinajstić information content (AvgIpc) is 3.09. The van der Waals surface area contributed by atoms with Crippen LogP contribution in [0.3, 0.4) is 0 Å². The van der Waals surface area contributed by atoms with Crippen LogP contribution >= 0.6 is 23.3 Å². The number of rotatable bonds is 4. The van der Waals surface area contributed by atoms with Gasteiger partial charge in [-0.05, 0) is 30.5 Å². The molecule has 122 valence electrons. The van der Waals surface area contributed by atoms with Crippen molar-refractivity contribution >= 4 is 35.2 Å². The summed E-state index contributed by atoms with van der Waals surface area (Å²) in [6.07, 6.45) is 3.61. The Morgan fingerprint density at radius 2 is 2.04 bits per heavy atom. The molecule has 2 aromatic rings. The van der Waals surface area contributed by atoms with Crippen LogP contribution in [-0.4, -0.2) is 33.9 Å². The molecular formula is C15H18ClN5OS. The van der Waals surface area contributed by atoms with Crippen molar-refractivity contribution in [1.82, 2.24) is 19.4 Å². The van der Waals surface area contributed by atoms with Gasteiger partial charge in [0.05, 0.1) is 17.9 Å². The highest BCUT2D eigenvalue weighted by Gasteiger charge is 2.21. The lowest BCUT2D eigenvalue weighted by Gasteiger charge is -2.32. The molecule has 0 aliphatic carbocycles. The molecule has 2 amide bonds. The third kappa shape index (κ3) is 4.56. The second-order valence-electron chi connectivity index (χ2n) is 5.48. The number of halogens is 1. The van der Waals surface area contributed by atoms with Gasteiger partial charge >= 0.3 is 6.03 Å². The van der Waals surface area contributed by atoms with Crippen molar-refractivity contribution in [3.63, 3.8) is 0 Å². The lowest BCUT2D eigenvalue weighted by molar-refractivity contribution is 0.234. The molecule has 2 heterocycles. The first-order valence-electron chi connectivity index (χ1n) is 7.52. The molecule has 0 spiro atoms. The monoisotopic (exact) mass is 351 g/mol. The second kappa shape index (κ2) is 7.61. The number of aromatic nitrogens is 2. The summed E-state index contributed by atoms with van der Waals surface area (Å²) in [5.74, 6) is 0.931. The molecule has 1 aromatic heterocycles. The normalized spacial score (nSPS) is 15.4. The van der Waals surface area contributed by atoms with Crippen LogP contribution in [0.4, 0.5) is 10.6 Å². The highest BCUT2D eigenvalue weighted by molar-refractivity contribution is 6.99. The number of hydrogen-bond donors (Lipinski definition) is 2. The molecule has 23 heavy (non-hydrogen) atoms. The van der Waals surface area contributed by atoms with Gasteiger partial charge in [-0.15, -0.1) is 0 Å². The van der Waals surface area contributed by atoms with Gasteiger partial charge in [0.2, 0.25) is 0 Å². The van der Waals surface area contributed by atoms with E-state index in [1.165, 1.54) is 11.7 Å². The Hall–Kier alpha value is -1.86. The van der Waals surface area contributed by atoms with E-state index in [1.54, 1.807) is 6.20 Å². The van der Waals surface area contributed by atoms with Crippen LogP contribution in [0.25, 0.3) is 0 Å². The number of hydrogen-bond acceptors (Lipinski definition) is 5. The van der Waals surface area contributed by atoms with Crippen molar-refractivity contribution in [2.45, 2.75) is 25.4 Å². The van der Waals surface area contributed by atoms with Crippen LogP contribution in [0.5, 0.6) is 0 Å². The molecule has 1 saturated heterocycles. The van der Waals surface area contributed by atoms with Crippen molar-refractivity contribution in [2.75, 3.05) is 18.0 Å². The summed E-state index contributed by atoms with van der Waals surface area (Å²) in [6.45, 7) is 2.26. The number of carbonyl (C=O) groups excluding carboxylic acids is 1. The van der Waals surface area contributed by atoms with E-state index in [1.807, 2.05) is 24.3 Å². The molecular weight excluding hydrogens is 334 g/mol. The maximum atomic E-state index is 12.0. The number of piperidine rings is 1. The summed E-state index contributed by atoms with van der Waals surface area (Å²) < 4.78 is 8.27. The smallest absolute Gasteiger partial charge is 0.315 e. The molecule has 2 N–H and O–H groups in total. The Morgan fingerprint density at radius 1 is 1.30 bits per heavy atom. The zero-order valence-corrected chi connectivity index (χ0v) is 14.1. The number of benzene rings is 1. The van der Waals surface area contributed by atoms with Crippen LogP contribution in [0.2, 0.25) is 5.02 Å². The summed E-state index contributed by atoms with van der Waals surface area (Å²) in [6, 6.07) is 7.52. The first-order chi connectivity index (χ1) is 11.2. The van der Waals surface area contributed by atoms with E-state index in [0.717, 1.165) is 37.3 Å². The topological polar surface area (TPSA) is 70.2 Å². The Labute approximate surface area is 144 Å². The van der Waals surface area contributed by atoms with Crippen molar-refractivity contribution < 1.29 is 4.79 Å². The lowest BCUT2D eigenvalue weighted by atomic mass is 10.1. The molecule has 0 radical (unpaired) electrons. The van der Waals surface area contributed by atoms with Gasteiger partial charge in [-0.25, -0.2) is 4.79 Å². The summed E-state index contributed by atoms with van der Waals surface area (Å²) in [5.41, 5.74) is 1.02. The van der Waals surface area contributed by atoms with Gasteiger partial charge < -0.3 is 15.5 Å². The van der Waals surface area contributed by atoms with Crippen LogP contribution in [0.15, 0.2) is 30.5 Å². The third-order valence-corrected chi connectivity index (χ3v) is 4.59. The summed E-state index contributed by atoms with van der Waals surface area (Å²) in [7, 11) is 0. The Kier molecular flexibility index (Phi) is 5.30. The van der Waals surface area contributed by atoms with E-state index < -0.39 is 0 Å². The molecule has 3 rings (SSSR count). The molecule has 8 heteroatoms.